The van der Waals surface area contributed by atoms with E-state index in [1.165, 1.54) is 5.56 Å². The third kappa shape index (κ3) is 3.49. The van der Waals surface area contributed by atoms with Crippen molar-refractivity contribution in [3.05, 3.63) is 53.0 Å². The van der Waals surface area contributed by atoms with Crippen molar-refractivity contribution in [3.8, 4) is 0 Å². The van der Waals surface area contributed by atoms with Gasteiger partial charge in [-0.2, -0.15) is 0 Å². The summed E-state index contributed by atoms with van der Waals surface area (Å²) in [4.78, 5) is 31.3. The molecule has 0 radical (unpaired) electrons. The van der Waals surface area contributed by atoms with E-state index < -0.39 is 0 Å². The van der Waals surface area contributed by atoms with Gasteiger partial charge in [-0.25, -0.2) is 0 Å². The van der Waals surface area contributed by atoms with Crippen LogP contribution in [0.15, 0.2) is 34.7 Å². The number of piperazine rings is 1. The number of furan rings is 1. The molecule has 0 bridgehead atoms. The van der Waals surface area contributed by atoms with Gasteiger partial charge >= 0.3 is 0 Å². The first-order valence-corrected chi connectivity index (χ1v) is 9.50. The van der Waals surface area contributed by atoms with Gasteiger partial charge < -0.3 is 14.2 Å². The second-order valence-corrected chi connectivity index (χ2v) is 7.32. The highest BCUT2D eigenvalue weighted by atomic mass is 16.3. The first kappa shape index (κ1) is 17.8. The number of anilines is 1. The molecule has 6 nitrogen and oxygen atoms in total. The maximum absolute atomic E-state index is 12.8. The summed E-state index contributed by atoms with van der Waals surface area (Å²) in [5.41, 5.74) is 2.93. The number of aryl methyl sites for hydroxylation is 2. The summed E-state index contributed by atoms with van der Waals surface area (Å²) < 4.78 is 5.48. The molecule has 27 heavy (non-hydrogen) atoms. The van der Waals surface area contributed by atoms with Crippen molar-refractivity contribution in [2.75, 3.05) is 44.2 Å². The lowest BCUT2D eigenvalue weighted by Crippen LogP contribution is -2.51. The summed E-state index contributed by atoms with van der Waals surface area (Å²) in [5.74, 6) is 1.58. The molecule has 2 amide bonds. The standard InChI is InChI=1S/C21H25N3O3/c1-15-13-18(16(2)27-15)21(26)23-11-9-22(10-12-23)14-20(25)24-8-7-17-5-3-4-6-19(17)24/h3-6,13H,7-12,14H2,1-2H3. The number of rotatable bonds is 3. The van der Waals surface area contributed by atoms with E-state index in [-0.39, 0.29) is 11.8 Å². The first-order chi connectivity index (χ1) is 13.0. The Bertz CT molecular complexity index is 865. The van der Waals surface area contributed by atoms with Gasteiger partial charge in [-0.1, -0.05) is 18.2 Å². The quantitative estimate of drug-likeness (QED) is 0.835. The van der Waals surface area contributed by atoms with E-state index in [9.17, 15) is 9.59 Å². The number of carbonyl (C=O) groups excluding carboxylic acids is 2. The minimum absolute atomic E-state index is 0.0174. The molecule has 1 aromatic carbocycles. The number of amides is 2. The zero-order valence-electron chi connectivity index (χ0n) is 15.9. The van der Waals surface area contributed by atoms with Crippen LogP contribution in [-0.2, 0) is 11.2 Å². The normalized spacial score (nSPS) is 17.3. The Labute approximate surface area is 159 Å². The zero-order valence-corrected chi connectivity index (χ0v) is 15.9. The van der Waals surface area contributed by atoms with Crippen LogP contribution in [0, 0.1) is 13.8 Å². The van der Waals surface area contributed by atoms with Gasteiger partial charge in [0.15, 0.2) is 0 Å². The maximum atomic E-state index is 12.8. The molecule has 2 aromatic rings. The molecule has 0 unspecified atom stereocenters. The smallest absolute Gasteiger partial charge is 0.257 e. The van der Waals surface area contributed by atoms with E-state index >= 15 is 0 Å². The van der Waals surface area contributed by atoms with Crippen molar-refractivity contribution in [2.24, 2.45) is 0 Å². The first-order valence-electron chi connectivity index (χ1n) is 9.50. The summed E-state index contributed by atoms with van der Waals surface area (Å²) in [6.07, 6.45) is 0.924. The van der Waals surface area contributed by atoms with Crippen LogP contribution in [0.3, 0.4) is 0 Å². The SMILES string of the molecule is Cc1cc(C(=O)N2CCN(CC(=O)N3CCc4ccccc43)CC2)c(C)o1. The van der Waals surface area contributed by atoms with Crippen LogP contribution in [0.5, 0.6) is 0 Å². The van der Waals surface area contributed by atoms with Crippen molar-refractivity contribution >= 4 is 17.5 Å². The van der Waals surface area contributed by atoms with Crippen LogP contribution in [-0.4, -0.2) is 60.9 Å². The summed E-state index contributed by atoms with van der Waals surface area (Å²) in [7, 11) is 0. The van der Waals surface area contributed by atoms with Crippen molar-refractivity contribution in [3.63, 3.8) is 0 Å². The third-order valence-electron chi connectivity index (χ3n) is 5.48. The Hall–Kier alpha value is -2.60. The summed E-state index contributed by atoms with van der Waals surface area (Å²) in [6, 6.07) is 9.91. The molecule has 0 saturated carbocycles. The lowest BCUT2D eigenvalue weighted by molar-refractivity contribution is -0.120. The highest BCUT2D eigenvalue weighted by molar-refractivity contribution is 5.97. The molecule has 1 saturated heterocycles. The van der Waals surface area contributed by atoms with Gasteiger partial charge in [0.1, 0.15) is 11.5 Å². The second-order valence-electron chi connectivity index (χ2n) is 7.32. The fourth-order valence-electron chi connectivity index (χ4n) is 4.00. The van der Waals surface area contributed by atoms with Gasteiger partial charge in [-0.05, 0) is 38.0 Å². The zero-order chi connectivity index (χ0) is 19.0. The Balaban J connectivity index is 1.33. The van der Waals surface area contributed by atoms with Gasteiger partial charge in [0.25, 0.3) is 5.91 Å². The molecule has 0 aliphatic carbocycles. The van der Waals surface area contributed by atoms with E-state index in [1.807, 2.05) is 41.8 Å². The molecule has 2 aliphatic heterocycles. The van der Waals surface area contributed by atoms with Crippen LogP contribution < -0.4 is 4.90 Å². The maximum Gasteiger partial charge on any atom is 0.257 e. The molecule has 6 heteroatoms. The Morgan fingerprint density at radius 1 is 1.04 bits per heavy atom. The van der Waals surface area contributed by atoms with Crippen LogP contribution in [0.25, 0.3) is 0 Å². The average Bonchev–Trinajstić information content (AvgIpc) is 3.24. The molecule has 0 atom stereocenters. The monoisotopic (exact) mass is 367 g/mol. The molecule has 3 heterocycles. The van der Waals surface area contributed by atoms with Crippen molar-refractivity contribution in [1.82, 2.24) is 9.80 Å². The van der Waals surface area contributed by atoms with Gasteiger partial charge in [-0.15, -0.1) is 0 Å². The van der Waals surface area contributed by atoms with Gasteiger partial charge in [-0.3, -0.25) is 14.5 Å². The van der Waals surface area contributed by atoms with Crippen molar-refractivity contribution in [1.29, 1.82) is 0 Å². The molecule has 0 spiro atoms. The lowest BCUT2D eigenvalue weighted by atomic mass is 10.2. The van der Waals surface area contributed by atoms with E-state index in [1.54, 1.807) is 6.07 Å². The average molecular weight is 367 g/mol. The third-order valence-corrected chi connectivity index (χ3v) is 5.48. The number of benzene rings is 1. The Morgan fingerprint density at radius 3 is 2.48 bits per heavy atom. The molecule has 0 N–H and O–H groups in total. The minimum Gasteiger partial charge on any atom is -0.466 e. The van der Waals surface area contributed by atoms with Gasteiger partial charge in [0, 0.05) is 38.4 Å². The van der Waals surface area contributed by atoms with Gasteiger partial charge in [0.2, 0.25) is 5.91 Å². The summed E-state index contributed by atoms with van der Waals surface area (Å²) in [6.45, 7) is 7.52. The van der Waals surface area contributed by atoms with E-state index in [0.29, 0.717) is 44.0 Å². The predicted octanol–water partition coefficient (Wildman–Crippen LogP) is 2.24. The second kappa shape index (κ2) is 7.19. The molecule has 142 valence electrons. The number of hydrogen-bond acceptors (Lipinski definition) is 4. The summed E-state index contributed by atoms with van der Waals surface area (Å²) in [5, 5.41) is 0. The van der Waals surface area contributed by atoms with E-state index in [0.717, 1.165) is 24.4 Å². The van der Waals surface area contributed by atoms with Crippen molar-refractivity contribution < 1.29 is 14.0 Å². The highest BCUT2D eigenvalue weighted by Crippen LogP contribution is 2.27. The predicted molar refractivity (Wildman–Crippen MR) is 103 cm³/mol. The fraction of sp³-hybridized carbons (Fsp3) is 0.429. The Kier molecular flexibility index (Phi) is 4.74. The molecular weight excluding hydrogens is 342 g/mol. The Morgan fingerprint density at radius 2 is 1.78 bits per heavy atom. The highest BCUT2D eigenvalue weighted by Gasteiger charge is 2.29. The lowest BCUT2D eigenvalue weighted by Gasteiger charge is -2.35. The minimum atomic E-state index is 0.0174. The largest absolute Gasteiger partial charge is 0.466 e. The molecule has 4 rings (SSSR count). The number of hydrogen-bond donors (Lipinski definition) is 0. The number of para-hydroxylation sites is 1. The number of nitrogens with zero attached hydrogens (tertiary/aromatic N) is 3. The molecule has 2 aliphatic rings. The molecular formula is C21H25N3O3. The fourth-order valence-corrected chi connectivity index (χ4v) is 4.00. The van der Waals surface area contributed by atoms with Gasteiger partial charge in [0.05, 0.1) is 12.1 Å². The van der Waals surface area contributed by atoms with Crippen LogP contribution in [0.4, 0.5) is 5.69 Å². The van der Waals surface area contributed by atoms with Crippen molar-refractivity contribution in [2.45, 2.75) is 20.3 Å². The number of carbonyl (C=O) groups is 2. The molecule has 1 fully saturated rings. The van der Waals surface area contributed by atoms with Crippen LogP contribution >= 0.6 is 0 Å². The van der Waals surface area contributed by atoms with Crippen LogP contribution in [0.1, 0.15) is 27.4 Å². The number of fused-ring (bicyclic) bond motifs is 1. The van der Waals surface area contributed by atoms with Crippen LogP contribution in [0.2, 0.25) is 0 Å². The molecule has 1 aromatic heterocycles. The van der Waals surface area contributed by atoms with E-state index in [4.69, 9.17) is 4.42 Å². The van der Waals surface area contributed by atoms with E-state index in [2.05, 4.69) is 11.0 Å². The topological polar surface area (TPSA) is 57.0 Å². The summed E-state index contributed by atoms with van der Waals surface area (Å²) >= 11 is 0.